The molecule has 0 saturated carbocycles. The van der Waals surface area contributed by atoms with Gasteiger partial charge in [0.2, 0.25) is 5.91 Å². The van der Waals surface area contributed by atoms with Gasteiger partial charge in [0.25, 0.3) is 5.91 Å². The molecule has 0 saturated heterocycles. The fraction of sp³-hybridized carbons (Fsp3) is 0.379. The molecule has 0 N–H and O–H groups in total. The number of hydrogen-bond donors (Lipinski definition) is 0. The summed E-state index contributed by atoms with van der Waals surface area (Å²) in [6.45, 7) is 7.31. The highest BCUT2D eigenvalue weighted by atomic mass is 16.5. The van der Waals surface area contributed by atoms with Gasteiger partial charge in [0, 0.05) is 18.7 Å². The molecule has 0 spiro atoms. The maximum Gasteiger partial charge on any atom is 0.254 e. The maximum atomic E-state index is 13.6. The van der Waals surface area contributed by atoms with Crippen molar-refractivity contribution in [3.63, 3.8) is 0 Å². The lowest BCUT2D eigenvalue weighted by Crippen LogP contribution is -2.44. The number of carbonyl (C=O) groups is 2. The number of rotatable bonds is 12. The van der Waals surface area contributed by atoms with Crippen molar-refractivity contribution in [3.05, 3.63) is 83.3 Å². The van der Waals surface area contributed by atoms with E-state index in [4.69, 9.17) is 13.9 Å². The highest BCUT2D eigenvalue weighted by molar-refractivity contribution is 5.96. The maximum absolute atomic E-state index is 13.6. The van der Waals surface area contributed by atoms with Crippen LogP contribution in [0.5, 0.6) is 11.5 Å². The number of carbonyl (C=O) groups excluding carboxylic acids is 2. The van der Waals surface area contributed by atoms with Gasteiger partial charge in [-0.15, -0.1) is 0 Å². The van der Waals surface area contributed by atoms with Crippen molar-refractivity contribution in [1.29, 1.82) is 0 Å². The third-order valence-electron chi connectivity index (χ3n) is 5.86. The summed E-state index contributed by atoms with van der Waals surface area (Å²) in [5.41, 5.74) is 2.61. The summed E-state index contributed by atoms with van der Waals surface area (Å²) < 4.78 is 16.3. The highest BCUT2D eigenvalue weighted by Crippen LogP contribution is 2.28. The Labute approximate surface area is 213 Å². The summed E-state index contributed by atoms with van der Waals surface area (Å²) in [7, 11) is 3.20. The van der Waals surface area contributed by atoms with Gasteiger partial charge in [0.15, 0.2) is 11.5 Å². The number of aryl methyl sites for hydroxylation is 1. The Morgan fingerprint density at radius 3 is 2.36 bits per heavy atom. The number of furan rings is 1. The SMILES string of the molecule is COc1ccc(CCN(Cc2ccco2)C(=O)CN(CC(C)C)C(=O)c2cccc(C)c2)cc1OC. The third kappa shape index (κ3) is 7.38. The molecule has 192 valence electrons. The van der Waals surface area contributed by atoms with E-state index >= 15 is 0 Å². The summed E-state index contributed by atoms with van der Waals surface area (Å²) in [4.78, 5) is 30.3. The minimum atomic E-state index is -0.140. The van der Waals surface area contributed by atoms with Crippen molar-refractivity contribution in [2.75, 3.05) is 33.9 Å². The van der Waals surface area contributed by atoms with E-state index < -0.39 is 0 Å². The fourth-order valence-electron chi connectivity index (χ4n) is 4.07. The predicted molar refractivity (Wildman–Crippen MR) is 139 cm³/mol. The van der Waals surface area contributed by atoms with Gasteiger partial charge in [-0.3, -0.25) is 9.59 Å². The first-order valence-corrected chi connectivity index (χ1v) is 12.2. The van der Waals surface area contributed by atoms with E-state index in [2.05, 4.69) is 0 Å². The van der Waals surface area contributed by atoms with Crippen LogP contribution in [0.4, 0.5) is 0 Å². The zero-order chi connectivity index (χ0) is 26.1. The summed E-state index contributed by atoms with van der Waals surface area (Å²) in [6.07, 6.45) is 2.21. The molecule has 0 aliphatic heterocycles. The molecule has 2 amide bonds. The average molecular weight is 493 g/mol. The first-order chi connectivity index (χ1) is 17.3. The highest BCUT2D eigenvalue weighted by Gasteiger charge is 2.24. The number of hydrogen-bond acceptors (Lipinski definition) is 5. The average Bonchev–Trinajstić information content (AvgIpc) is 3.38. The van der Waals surface area contributed by atoms with Crippen LogP contribution in [0, 0.1) is 12.8 Å². The second kappa shape index (κ2) is 12.8. The van der Waals surface area contributed by atoms with Gasteiger partial charge in [0.1, 0.15) is 12.3 Å². The van der Waals surface area contributed by atoms with Crippen LogP contribution in [0.1, 0.15) is 41.1 Å². The van der Waals surface area contributed by atoms with Crippen LogP contribution in [0.25, 0.3) is 0 Å². The van der Waals surface area contributed by atoms with Gasteiger partial charge in [-0.25, -0.2) is 0 Å². The van der Waals surface area contributed by atoms with Crippen LogP contribution >= 0.6 is 0 Å². The zero-order valence-electron chi connectivity index (χ0n) is 21.8. The Morgan fingerprint density at radius 1 is 0.944 bits per heavy atom. The van der Waals surface area contributed by atoms with Crippen LogP contribution in [0.15, 0.2) is 65.3 Å². The van der Waals surface area contributed by atoms with E-state index in [-0.39, 0.29) is 24.3 Å². The zero-order valence-corrected chi connectivity index (χ0v) is 21.8. The molecule has 1 aromatic heterocycles. The van der Waals surface area contributed by atoms with Crippen molar-refractivity contribution < 1.29 is 23.5 Å². The second-order valence-corrected chi connectivity index (χ2v) is 9.28. The van der Waals surface area contributed by atoms with Crippen LogP contribution in [0.2, 0.25) is 0 Å². The van der Waals surface area contributed by atoms with Crippen molar-refractivity contribution in [3.8, 4) is 11.5 Å². The third-order valence-corrected chi connectivity index (χ3v) is 5.86. The standard InChI is InChI=1S/C29H36N2O5/c1-21(2)18-31(29(33)24-9-6-8-22(3)16-24)20-28(32)30(19-25-10-7-15-36-25)14-13-23-11-12-26(34-4)27(17-23)35-5/h6-12,15-17,21H,13-14,18-20H2,1-5H3. The smallest absolute Gasteiger partial charge is 0.254 e. The molecule has 36 heavy (non-hydrogen) atoms. The molecule has 0 radical (unpaired) electrons. The molecule has 0 aliphatic rings. The van der Waals surface area contributed by atoms with E-state index in [1.54, 1.807) is 42.4 Å². The molecular formula is C29H36N2O5. The lowest BCUT2D eigenvalue weighted by atomic mass is 10.1. The molecule has 0 unspecified atom stereocenters. The molecule has 0 fully saturated rings. The second-order valence-electron chi connectivity index (χ2n) is 9.28. The van der Waals surface area contributed by atoms with Gasteiger partial charge in [-0.1, -0.05) is 37.6 Å². The first-order valence-electron chi connectivity index (χ1n) is 12.2. The number of benzene rings is 2. The monoisotopic (exact) mass is 492 g/mol. The molecule has 0 aliphatic carbocycles. The van der Waals surface area contributed by atoms with E-state index in [1.165, 1.54) is 0 Å². The van der Waals surface area contributed by atoms with Crippen LogP contribution in [-0.4, -0.2) is 55.5 Å². The number of amides is 2. The molecule has 0 bridgehead atoms. The molecule has 7 nitrogen and oxygen atoms in total. The molecule has 2 aromatic carbocycles. The minimum absolute atomic E-state index is 0.00238. The van der Waals surface area contributed by atoms with E-state index in [1.807, 2.05) is 63.2 Å². The predicted octanol–water partition coefficient (Wildman–Crippen LogP) is 4.97. The molecule has 0 atom stereocenters. The first kappa shape index (κ1) is 26.9. The number of ether oxygens (including phenoxy) is 2. The quantitative estimate of drug-likeness (QED) is 0.357. The van der Waals surface area contributed by atoms with E-state index in [9.17, 15) is 9.59 Å². The van der Waals surface area contributed by atoms with Crippen LogP contribution < -0.4 is 9.47 Å². The van der Waals surface area contributed by atoms with Crippen LogP contribution in [-0.2, 0) is 17.8 Å². The van der Waals surface area contributed by atoms with Crippen LogP contribution in [0.3, 0.4) is 0 Å². The minimum Gasteiger partial charge on any atom is -0.493 e. The van der Waals surface area contributed by atoms with Gasteiger partial charge in [-0.2, -0.15) is 0 Å². The molecule has 3 rings (SSSR count). The van der Waals surface area contributed by atoms with Crippen molar-refractivity contribution in [1.82, 2.24) is 9.80 Å². The van der Waals surface area contributed by atoms with Gasteiger partial charge < -0.3 is 23.7 Å². The fourth-order valence-corrected chi connectivity index (χ4v) is 4.07. The Bertz CT molecular complexity index is 1140. The Balaban J connectivity index is 1.78. The van der Waals surface area contributed by atoms with Crippen molar-refractivity contribution in [2.45, 2.75) is 33.7 Å². The Kier molecular flexibility index (Phi) is 9.56. The molecule has 7 heteroatoms. The van der Waals surface area contributed by atoms with Crippen molar-refractivity contribution >= 4 is 11.8 Å². The van der Waals surface area contributed by atoms with Gasteiger partial charge >= 0.3 is 0 Å². The Morgan fingerprint density at radius 2 is 1.72 bits per heavy atom. The van der Waals surface area contributed by atoms with Crippen molar-refractivity contribution in [2.24, 2.45) is 5.92 Å². The topological polar surface area (TPSA) is 72.2 Å². The summed E-state index contributed by atoms with van der Waals surface area (Å²) in [6, 6.07) is 16.9. The molecule has 3 aromatic rings. The molecular weight excluding hydrogens is 456 g/mol. The number of methoxy groups -OCH3 is 2. The lowest BCUT2D eigenvalue weighted by Gasteiger charge is -2.28. The number of nitrogens with zero attached hydrogens (tertiary/aromatic N) is 2. The van der Waals surface area contributed by atoms with E-state index in [0.29, 0.717) is 48.9 Å². The lowest BCUT2D eigenvalue weighted by molar-refractivity contribution is -0.132. The molecule has 1 heterocycles. The summed E-state index contributed by atoms with van der Waals surface area (Å²) in [5, 5.41) is 0. The largest absolute Gasteiger partial charge is 0.493 e. The normalized spacial score (nSPS) is 10.8. The van der Waals surface area contributed by atoms with E-state index in [0.717, 1.165) is 11.1 Å². The van der Waals surface area contributed by atoms with Gasteiger partial charge in [0.05, 0.1) is 27.0 Å². The summed E-state index contributed by atoms with van der Waals surface area (Å²) in [5.74, 6) is 1.94. The Hall–Kier alpha value is -3.74. The van der Waals surface area contributed by atoms with Gasteiger partial charge in [-0.05, 0) is 61.2 Å². The summed E-state index contributed by atoms with van der Waals surface area (Å²) >= 11 is 0.